The monoisotopic (exact) mass is 237 g/mol. The van der Waals surface area contributed by atoms with Gasteiger partial charge in [0.05, 0.1) is 6.20 Å². The molecule has 0 fully saturated rings. The number of hydrogen-bond acceptors (Lipinski definition) is 4. The van der Waals surface area contributed by atoms with Crippen molar-refractivity contribution in [1.82, 2.24) is 20.2 Å². The highest BCUT2D eigenvalue weighted by molar-refractivity contribution is 6.30. The minimum Gasteiger partial charge on any atom is -0.366 e. The minimum atomic E-state index is 0.507. The molecule has 6 heteroatoms. The molecule has 2 aromatic rings. The van der Waals surface area contributed by atoms with Crippen molar-refractivity contribution in [1.29, 1.82) is 0 Å². The topological polar surface area (TPSA) is 66.5 Å². The standard InChI is InChI=1S/C10H12ClN5/c1-2-8-9(11)13-6-14-10(8)12-3-7-4-15-16-5-7/h4-6H,2-3H2,1H3,(H,15,16)(H,12,13,14). The second kappa shape index (κ2) is 4.94. The Balaban J connectivity index is 2.12. The number of aromatic nitrogens is 4. The number of H-pyrrole nitrogens is 1. The van der Waals surface area contributed by atoms with E-state index in [1.165, 1.54) is 6.33 Å². The number of rotatable bonds is 4. The second-order valence-electron chi connectivity index (χ2n) is 3.31. The van der Waals surface area contributed by atoms with Gasteiger partial charge in [-0.3, -0.25) is 5.10 Å². The van der Waals surface area contributed by atoms with Gasteiger partial charge >= 0.3 is 0 Å². The molecule has 2 heterocycles. The van der Waals surface area contributed by atoms with Crippen LogP contribution >= 0.6 is 11.6 Å². The van der Waals surface area contributed by atoms with E-state index in [-0.39, 0.29) is 0 Å². The van der Waals surface area contributed by atoms with Crippen molar-refractivity contribution in [2.45, 2.75) is 19.9 Å². The average Bonchev–Trinajstić information content (AvgIpc) is 2.79. The Hall–Kier alpha value is -1.62. The van der Waals surface area contributed by atoms with Crippen LogP contribution in [0.4, 0.5) is 5.82 Å². The highest BCUT2D eigenvalue weighted by Crippen LogP contribution is 2.20. The van der Waals surface area contributed by atoms with Crippen LogP contribution in [0.3, 0.4) is 0 Å². The normalized spacial score (nSPS) is 10.4. The van der Waals surface area contributed by atoms with Gasteiger partial charge in [-0.15, -0.1) is 0 Å². The van der Waals surface area contributed by atoms with Gasteiger partial charge in [-0.05, 0) is 6.42 Å². The van der Waals surface area contributed by atoms with E-state index in [0.29, 0.717) is 11.7 Å². The van der Waals surface area contributed by atoms with Gasteiger partial charge in [-0.2, -0.15) is 5.10 Å². The van der Waals surface area contributed by atoms with Gasteiger partial charge in [0, 0.05) is 23.9 Å². The molecule has 5 nitrogen and oxygen atoms in total. The molecule has 0 aromatic carbocycles. The quantitative estimate of drug-likeness (QED) is 0.799. The Kier molecular flexibility index (Phi) is 3.36. The summed E-state index contributed by atoms with van der Waals surface area (Å²) < 4.78 is 0. The summed E-state index contributed by atoms with van der Waals surface area (Å²) in [6, 6.07) is 0. The van der Waals surface area contributed by atoms with Crippen LogP contribution in [0.25, 0.3) is 0 Å². The Morgan fingerprint density at radius 3 is 3.00 bits per heavy atom. The van der Waals surface area contributed by atoms with Crippen molar-refractivity contribution in [3.63, 3.8) is 0 Å². The molecule has 0 aliphatic carbocycles. The Bertz CT molecular complexity index is 454. The third-order valence-electron chi connectivity index (χ3n) is 2.26. The van der Waals surface area contributed by atoms with E-state index < -0.39 is 0 Å². The molecule has 2 N–H and O–H groups in total. The zero-order chi connectivity index (χ0) is 11.4. The molecule has 0 saturated heterocycles. The van der Waals surface area contributed by atoms with Crippen LogP contribution in [0.2, 0.25) is 5.15 Å². The van der Waals surface area contributed by atoms with Gasteiger partial charge in [0.1, 0.15) is 17.3 Å². The first-order chi connectivity index (χ1) is 7.81. The third kappa shape index (κ3) is 2.30. The molecule has 2 aromatic heterocycles. The molecule has 0 bridgehead atoms. The fourth-order valence-corrected chi connectivity index (χ4v) is 1.68. The maximum atomic E-state index is 5.98. The lowest BCUT2D eigenvalue weighted by Crippen LogP contribution is -2.05. The summed E-state index contributed by atoms with van der Waals surface area (Å²) in [6.45, 7) is 2.68. The maximum Gasteiger partial charge on any atom is 0.137 e. The first-order valence-electron chi connectivity index (χ1n) is 5.02. The van der Waals surface area contributed by atoms with E-state index in [0.717, 1.165) is 23.4 Å². The van der Waals surface area contributed by atoms with Gasteiger partial charge in [0.2, 0.25) is 0 Å². The van der Waals surface area contributed by atoms with Crippen molar-refractivity contribution in [2.24, 2.45) is 0 Å². The van der Waals surface area contributed by atoms with Crippen molar-refractivity contribution in [3.05, 3.63) is 35.0 Å². The summed E-state index contributed by atoms with van der Waals surface area (Å²) in [5.74, 6) is 0.781. The van der Waals surface area contributed by atoms with Crippen LogP contribution in [0.5, 0.6) is 0 Å². The van der Waals surface area contributed by atoms with Crippen molar-refractivity contribution in [2.75, 3.05) is 5.32 Å². The molecule has 0 aliphatic heterocycles. The zero-order valence-corrected chi connectivity index (χ0v) is 9.62. The molecule has 0 atom stereocenters. The molecule has 84 valence electrons. The first kappa shape index (κ1) is 10.9. The van der Waals surface area contributed by atoms with Crippen molar-refractivity contribution < 1.29 is 0 Å². The molecular formula is C10H12ClN5. The van der Waals surface area contributed by atoms with Gasteiger partial charge in [0.25, 0.3) is 0 Å². The molecule has 0 unspecified atom stereocenters. The highest BCUT2D eigenvalue weighted by atomic mass is 35.5. The maximum absolute atomic E-state index is 5.98. The van der Waals surface area contributed by atoms with Crippen LogP contribution in [0.15, 0.2) is 18.7 Å². The lowest BCUT2D eigenvalue weighted by atomic mass is 10.2. The molecule has 2 rings (SSSR count). The highest BCUT2D eigenvalue weighted by Gasteiger charge is 2.07. The Morgan fingerprint density at radius 2 is 2.31 bits per heavy atom. The molecule has 0 saturated carbocycles. The van der Waals surface area contributed by atoms with Gasteiger partial charge in [-0.1, -0.05) is 18.5 Å². The zero-order valence-electron chi connectivity index (χ0n) is 8.87. The van der Waals surface area contributed by atoms with E-state index >= 15 is 0 Å². The molecule has 0 spiro atoms. The van der Waals surface area contributed by atoms with Crippen LogP contribution in [0.1, 0.15) is 18.1 Å². The van der Waals surface area contributed by atoms with E-state index in [1.807, 2.05) is 13.1 Å². The lowest BCUT2D eigenvalue weighted by molar-refractivity contribution is 1.01. The second-order valence-corrected chi connectivity index (χ2v) is 3.66. The first-order valence-corrected chi connectivity index (χ1v) is 5.40. The predicted molar refractivity (Wildman–Crippen MR) is 62.3 cm³/mol. The number of hydrogen-bond donors (Lipinski definition) is 2. The van der Waals surface area contributed by atoms with E-state index in [1.54, 1.807) is 6.20 Å². The molecular weight excluding hydrogens is 226 g/mol. The van der Waals surface area contributed by atoms with Gasteiger partial charge in [-0.25, -0.2) is 9.97 Å². The lowest BCUT2D eigenvalue weighted by Gasteiger charge is -2.09. The van der Waals surface area contributed by atoms with E-state index in [4.69, 9.17) is 11.6 Å². The smallest absolute Gasteiger partial charge is 0.137 e. The average molecular weight is 238 g/mol. The third-order valence-corrected chi connectivity index (χ3v) is 2.59. The molecule has 0 amide bonds. The number of anilines is 1. The van der Waals surface area contributed by atoms with Crippen LogP contribution in [-0.4, -0.2) is 20.2 Å². The van der Waals surface area contributed by atoms with Crippen LogP contribution < -0.4 is 5.32 Å². The number of halogens is 1. The summed E-state index contributed by atoms with van der Waals surface area (Å²) in [7, 11) is 0. The fourth-order valence-electron chi connectivity index (χ4n) is 1.42. The predicted octanol–water partition coefficient (Wildman–Crippen LogP) is 2.03. The summed E-state index contributed by atoms with van der Waals surface area (Å²) in [4.78, 5) is 8.12. The van der Waals surface area contributed by atoms with Gasteiger partial charge < -0.3 is 5.32 Å². The largest absolute Gasteiger partial charge is 0.366 e. The van der Waals surface area contributed by atoms with Crippen LogP contribution in [0, 0.1) is 0 Å². The number of aromatic amines is 1. The Morgan fingerprint density at radius 1 is 1.44 bits per heavy atom. The number of nitrogens with zero attached hydrogens (tertiary/aromatic N) is 3. The summed E-state index contributed by atoms with van der Waals surface area (Å²) in [5, 5.41) is 10.3. The molecule has 0 radical (unpaired) electrons. The van der Waals surface area contributed by atoms with Crippen molar-refractivity contribution >= 4 is 17.4 Å². The van der Waals surface area contributed by atoms with E-state index in [2.05, 4.69) is 25.5 Å². The van der Waals surface area contributed by atoms with Crippen molar-refractivity contribution in [3.8, 4) is 0 Å². The summed E-state index contributed by atoms with van der Waals surface area (Å²) >= 11 is 5.98. The summed E-state index contributed by atoms with van der Waals surface area (Å²) in [5.41, 5.74) is 2.00. The summed E-state index contributed by atoms with van der Waals surface area (Å²) in [6.07, 6.45) is 5.86. The fraction of sp³-hybridized carbons (Fsp3) is 0.300. The molecule has 0 aliphatic rings. The molecule has 16 heavy (non-hydrogen) atoms. The number of nitrogens with one attached hydrogen (secondary N) is 2. The minimum absolute atomic E-state index is 0.507. The Labute approximate surface area is 98.3 Å². The van der Waals surface area contributed by atoms with Gasteiger partial charge in [0.15, 0.2) is 0 Å². The van der Waals surface area contributed by atoms with Crippen LogP contribution in [-0.2, 0) is 13.0 Å². The SMILES string of the molecule is CCc1c(Cl)ncnc1NCc1cn[nH]c1. The van der Waals surface area contributed by atoms with E-state index in [9.17, 15) is 0 Å².